The Kier molecular flexibility index (Phi) is 13.0. The number of carbonyl (C=O) groups is 3. The number of nitrogens with two attached hydrogens (primary N) is 1. The fraction of sp³-hybridized carbons (Fsp3) is 0.250. The minimum Gasteiger partial charge on any atom is -0.462 e. The van der Waals surface area contributed by atoms with E-state index >= 15 is 0 Å². The van der Waals surface area contributed by atoms with Gasteiger partial charge in [0.05, 0.1) is 16.4 Å². The zero-order valence-electron chi connectivity index (χ0n) is 17.4. The van der Waals surface area contributed by atoms with Crippen molar-refractivity contribution in [2.75, 3.05) is 6.61 Å². The number of hydrazine groups is 2. The second-order valence-electron chi connectivity index (χ2n) is 5.88. The molecule has 5 N–H and O–H groups in total. The first kappa shape index (κ1) is 26.5. The maximum atomic E-state index is 11.2. The molecule has 0 saturated heterocycles. The fourth-order valence-corrected chi connectivity index (χ4v) is 3.62. The Hall–Kier alpha value is -2.57. The first-order chi connectivity index (χ1) is 14.9. The quantitative estimate of drug-likeness (QED) is 0.184. The number of carbonyl (C=O) groups excluding carboxylic acids is 3. The van der Waals surface area contributed by atoms with Crippen molar-refractivity contribution in [1.29, 1.82) is 0 Å². The summed E-state index contributed by atoms with van der Waals surface area (Å²) in [4.78, 5) is 34.8. The lowest BCUT2D eigenvalue weighted by molar-refractivity contribution is 0.0531. The lowest BCUT2D eigenvalue weighted by Crippen LogP contribution is -2.41. The minimum atomic E-state index is -0.231. The molecule has 3 aromatic heterocycles. The monoisotopic (exact) mass is 482 g/mol. The van der Waals surface area contributed by atoms with Crippen molar-refractivity contribution in [3.8, 4) is 0 Å². The van der Waals surface area contributed by atoms with Crippen molar-refractivity contribution in [3.63, 3.8) is 0 Å². The Bertz CT molecular complexity index is 880. The van der Waals surface area contributed by atoms with E-state index in [4.69, 9.17) is 10.6 Å². The largest absolute Gasteiger partial charge is 0.462 e. The van der Waals surface area contributed by atoms with Gasteiger partial charge in [-0.3, -0.25) is 20.4 Å². The predicted molar refractivity (Wildman–Crippen MR) is 126 cm³/mol. The number of amides is 2. The van der Waals surface area contributed by atoms with Crippen LogP contribution in [0, 0.1) is 0 Å². The molecule has 0 aliphatic heterocycles. The summed E-state index contributed by atoms with van der Waals surface area (Å²) in [6.45, 7) is 6.17. The van der Waals surface area contributed by atoms with Gasteiger partial charge in [-0.15, -0.1) is 34.0 Å². The Morgan fingerprint density at radius 2 is 1.39 bits per heavy atom. The highest BCUT2D eigenvalue weighted by molar-refractivity contribution is 7.12. The summed E-state index contributed by atoms with van der Waals surface area (Å²) in [6.07, 6.45) is 0. The van der Waals surface area contributed by atoms with Crippen molar-refractivity contribution in [3.05, 3.63) is 67.2 Å². The zero-order chi connectivity index (χ0) is 23.1. The van der Waals surface area contributed by atoms with E-state index in [1.54, 1.807) is 31.2 Å². The summed E-state index contributed by atoms with van der Waals surface area (Å²) in [5.41, 5.74) is 7.49. The number of thiophene rings is 3. The minimum absolute atomic E-state index is 0.0706. The summed E-state index contributed by atoms with van der Waals surface area (Å²) in [5, 5.41) is 5.56. The molecule has 0 bridgehead atoms. The second-order valence-corrected chi connectivity index (χ2v) is 8.72. The SMILES string of the molecule is CC(C)NNC(=O)c1cccs1.CCOC(=O)c1cccs1.NNC(=O)c1cccs1. The number of nitrogens with one attached hydrogen (secondary N) is 3. The van der Waals surface area contributed by atoms with E-state index in [0.717, 1.165) is 4.88 Å². The number of rotatable bonds is 6. The highest BCUT2D eigenvalue weighted by atomic mass is 32.1. The van der Waals surface area contributed by atoms with E-state index in [9.17, 15) is 14.4 Å². The van der Waals surface area contributed by atoms with Crippen LogP contribution in [0.15, 0.2) is 52.5 Å². The van der Waals surface area contributed by atoms with Gasteiger partial charge in [0.15, 0.2) is 0 Å². The van der Waals surface area contributed by atoms with E-state index in [2.05, 4.69) is 10.9 Å². The van der Waals surface area contributed by atoms with Gasteiger partial charge < -0.3 is 4.74 Å². The average molecular weight is 483 g/mol. The van der Waals surface area contributed by atoms with Gasteiger partial charge >= 0.3 is 5.97 Å². The Morgan fingerprint density at radius 3 is 1.77 bits per heavy atom. The van der Waals surface area contributed by atoms with Gasteiger partial charge in [0.1, 0.15) is 4.88 Å². The lowest BCUT2D eigenvalue weighted by Gasteiger charge is -2.08. The molecule has 2 amide bonds. The number of ether oxygens (including phenoxy) is 1. The molecule has 168 valence electrons. The highest BCUT2D eigenvalue weighted by Gasteiger charge is 2.05. The van der Waals surface area contributed by atoms with Crippen LogP contribution >= 0.6 is 34.0 Å². The van der Waals surface area contributed by atoms with Gasteiger partial charge in [0.25, 0.3) is 11.8 Å². The Balaban J connectivity index is 0.000000235. The van der Waals surface area contributed by atoms with Crippen LogP contribution in [0.5, 0.6) is 0 Å². The van der Waals surface area contributed by atoms with Crippen molar-refractivity contribution in [2.24, 2.45) is 5.84 Å². The molecule has 0 atom stereocenters. The molecule has 3 aromatic rings. The normalized spacial score (nSPS) is 9.58. The van der Waals surface area contributed by atoms with E-state index in [0.29, 0.717) is 16.4 Å². The standard InChI is InChI=1S/C8H12N2OS.C7H8O2S.C5H6N2OS/c1-6(2)9-10-8(11)7-4-3-5-12-7;1-2-9-7(8)6-4-3-5-10-6;6-7-5(8)4-2-1-3-9-4/h3-6,9H,1-2H3,(H,10,11);3-5H,2H2,1H3;1-3H,6H2,(H,7,8). The number of nitrogen functional groups attached to an aromatic ring is 1. The van der Waals surface area contributed by atoms with Crippen LogP contribution in [0.3, 0.4) is 0 Å². The van der Waals surface area contributed by atoms with E-state index in [-0.39, 0.29) is 23.8 Å². The van der Waals surface area contributed by atoms with Crippen LogP contribution in [-0.4, -0.2) is 30.4 Å². The molecule has 0 aliphatic rings. The molecule has 0 aromatic carbocycles. The van der Waals surface area contributed by atoms with Crippen LogP contribution in [0.1, 0.15) is 49.8 Å². The molecular weight excluding hydrogens is 456 g/mol. The van der Waals surface area contributed by atoms with Gasteiger partial charge in [-0.05, 0) is 55.1 Å². The van der Waals surface area contributed by atoms with E-state index < -0.39 is 0 Å². The van der Waals surface area contributed by atoms with Crippen LogP contribution < -0.4 is 22.1 Å². The molecule has 0 radical (unpaired) electrons. The van der Waals surface area contributed by atoms with Crippen molar-refractivity contribution < 1.29 is 19.1 Å². The summed E-state index contributed by atoms with van der Waals surface area (Å²) in [7, 11) is 0. The van der Waals surface area contributed by atoms with Gasteiger partial charge in [0, 0.05) is 6.04 Å². The average Bonchev–Trinajstić information content (AvgIpc) is 3.54. The second kappa shape index (κ2) is 15.3. The number of hydrogen-bond donors (Lipinski definition) is 4. The first-order valence-corrected chi connectivity index (χ1v) is 11.9. The fourth-order valence-electron chi connectivity index (χ4n) is 1.76. The number of esters is 1. The maximum Gasteiger partial charge on any atom is 0.348 e. The molecule has 0 spiro atoms. The molecule has 0 fully saturated rings. The summed E-state index contributed by atoms with van der Waals surface area (Å²) in [6, 6.07) is 11.0. The molecular formula is C20H26N4O4S3. The smallest absolute Gasteiger partial charge is 0.348 e. The van der Waals surface area contributed by atoms with Gasteiger partial charge in [-0.25, -0.2) is 16.1 Å². The molecule has 31 heavy (non-hydrogen) atoms. The summed E-state index contributed by atoms with van der Waals surface area (Å²) >= 11 is 4.19. The van der Waals surface area contributed by atoms with Crippen molar-refractivity contribution in [2.45, 2.75) is 26.8 Å². The zero-order valence-corrected chi connectivity index (χ0v) is 19.9. The number of hydrogen-bond acceptors (Lipinski definition) is 9. The van der Waals surface area contributed by atoms with Crippen molar-refractivity contribution >= 4 is 51.8 Å². The molecule has 3 rings (SSSR count). The highest BCUT2D eigenvalue weighted by Crippen LogP contribution is 2.09. The maximum absolute atomic E-state index is 11.2. The van der Waals surface area contributed by atoms with Gasteiger partial charge in [0.2, 0.25) is 0 Å². The lowest BCUT2D eigenvalue weighted by atomic mass is 10.4. The Labute approximate surface area is 193 Å². The third kappa shape index (κ3) is 10.9. The van der Waals surface area contributed by atoms with E-state index in [1.807, 2.05) is 47.5 Å². The van der Waals surface area contributed by atoms with Gasteiger partial charge in [-0.1, -0.05) is 18.2 Å². The van der Waals surface area contributed by atoms with E-state index in [1.165, 1.54) is 34.0 Å². The molecule has 3 heterocycles. The third-order valence-electron chi connectivity index (χ3n) is 3.09. The van der Waals surface area contributed by atoms with Crippen LogP contribution in [0.2, 0.25) is 0 Å². The van der Waals surface area contributed by atoms with Crippen LogP contribution in [-0.2, 0) is 4.74 Å². The topological polar surface area (TPSA) is 123 Å². The first-order valence-electron chi connectivity index (χ1n) is 9.23. The predicted octanol–water partition coefficient (Wildman–Crippen LogP) is 3.67. The molecule has 11 heteroatoms. The molecule has 0 saturated carbocycles. The van der Waals surface area contributed by atoms with Gasteiger partial charge in [-0.2, -0.15) is 0 Å². The molecule has 0 unspecified atom stereocenters. The third-order valence-corrected chi connectivity index (χ3v) is 5.68. The summed E-state index contributed by atoms with van der Waals surface area (Å²) in [5.74, 6) is 4.34. The summed E-state index contributed by atoms with van der Waals surface area (Å²) < 4.78 is 4.76. The van der Waals surface area contributed by atoms with Crippen LogP contribution in [0.4, 0.5) is 0 Å². The van der Waals surface area contributed by atoms with Crippen molar-refractivity contribution in [1.82, 2.24) is 16.3 Å². The Morgan fingerprint density at radius 1 is 0.903 bits per heavy atom. The van der Waals surface area contributed by atoms with Crippen LogP contribution in [0.25, 0.3) is 0 Å². The molecule has 0 aliphatic carbocycles. The molecule has 8 nitrogen and oxygen atoms in total.